The molecule has 12 nitrogen and oxygen atoms in total. The van der Waals surface area contributed by atoms with Crippen LogP contribution in [0.15, 0.2) is 60.9 Å². The molecule has 220 valence electrons. The van der Waals surface area contributed by atoms with E-state index in [1.807, 2.05) is 64.2 Å². The molecule has 4 heterocycles. The summed E-state index contributed by atoms with van der Waals surface area (Å²) in [5.74, 6) is 1.27. The summed E-state index contributed by atoms with van der Waals surface area (Å²) < 4.78 is 13.3. The van der Waals surface area contributed by atoms with Crippen LogP contribution in [0.4, 0.5) is 5.82 Å². The van der Waals surface area contributed by atoms with Crippen LogP contribution in [0.25, 0.3) is 22.3 Å². The maximum Gasteiger partial charge on any atom is 0.300 e. The number of carbonyl (C=O) groups excluding carboxylic acids is 1. The average molecular weight is 574 g/mol. The van der Waals surface area contributed by atoms with Gasteiger partial charge in [-0.2, -0.15) is 5.10 Å². The van der Waals surface area contributed by atoms with Crippen molar-refractivity contribution in [2.75, 3.05) is 51.7 Å². The van der Waals surface area contributed by atoms with Crippen molar-refractivity contribution >= 4 is 28.7 Å². The summed E-state index contributed by atoms with van der Waals surface area (Å²) in [5, 5.41) is 13.2. The van der Waals surface area contributed by atoms with Crippen molar-refractivity contribution in [1.82, 2.24) is 29.5 Å². The van der Waals surface area contributed by atoms with Gasteiger partial charge in [0.2, 0.25) is 5.91 Å². The van der Waals surface area contributed by atoms with E-state index in [0.717, 1.165) is 66.6 Å². The second kappa shape index (κ2) is 13.4. The van der Waals surface area contributed by atoms with E-state index in [9.17, 15) is 4.79 Å². The van der Waals surface area contributed by atoms with E-state index in [0.29, 0.717) is 38.7 Å². The number of para-hydroxylation sites is 1. The molecule has 0 unspecified atom stereocenters. The Labute approximate surface area is 243 Å². The second-order valence-corrected chi connectivity index (χ2v) is 10.2. The lowest BCUT2D eigenvalue weighted by molar-refractivity contribution is -0.135. The first kappa shape index (κ1) is 29.0. The summed E-state index contributed by atoms with van der Waals surface area (Å²) in [6.45, 7) is 5.93. The smallest absolute Gasteiger partial charge is 0.300 e. The van der Waals surface area contributed by atoms with Crippen molar-refractivity contribution in [1.29, 1.82) is 0 Å². The highest BCUT2D eigenvalue weighted by Crippen LogP contribution is 2.35. The van der Waals surface area contributed by atoms with E-state index in [1.165, 1.54) is 6.33 Å². The van der Waals surface area contributed by atoms with Gasteiger partial charge in [-0.3, -0.25) is 14.5 Å². The fraction of sp³-hybridized carbons (Fsp3) is 0.367. The van der Waals surface area contributed by atoms with Crippen LogP contribution in [0.3, 0.4) is 0 Å². The molecule has 0 radical (unpaired) electrons. The molecule has 1 amide bonds. The van der Waals surface area contributed by atoms with Crippen LogP contribution in [0.2, 0.25) is 0 Å². The molecule has 0 aliphatic carbocycles. The van der Waals surface area contributed by atoms with Crippen LogP contribution in [0.5, 0.6) is 11.5 Å². The van der Waals surface area contributed by atoms with Crippen LogP contribution in [-0.2, 0) is 14.3 Å². The van der Waals surface area contributed by atoms with E-state index in [-0.39, 0.29) is 11.9 Å². The molecule has 2 fully saturated rings. The first-order valence-electron chi connectivity index (χ1n) is 14.0. The number of ether oxygens (including phenoxy) is 2. The number of carboxylic acids is 1. The Morgan fingerprint density at radius 3 is 2.29 bits per heavy atom. The van der Waals surface area contributed by atoms with Gasteiger partial charge in [0.1, 0.15) is 29.3 Å². The van der Waals surface area contributed by atoms with Crippen molar-refractivity contribution in [2.45, 2.75) is 25.8 Å². The Kier molecular flexibility index (Phi) is 9.25. The number of nitrogens with zero attached hydrogens (tertiary/aromatic N) is 6. The number of carboxylic acid groups (broad SMARTS) is 1. The Hall–Kier alpha value is -4.55. The molecule has 0 atom stereocenters. The zero-order valence-corrected chi connectivity index (χ0v) is 23.6. The van der Waals surface area contributed by atoms with Crippen molar-refractivity contribution in [3.8, 4) is 22.8 Å². The quantitative estimate of drug-likeness (QED) is 0.351. The van der Waals surface area contributed by atoms with Crippen molar-refractivity contribution in [3.63, 3.8) is 0 Å². The standard InChI is InChI=1S/C28H31N7O3.C2H4O2/c29-27-25-26(20-6-8-23(9-7-20)38-22-4-2-1-3-5-22)32-35(28(25)31-19-30-27)21-10-12-34(13-11-21)24(36)18-33-14-16-37-17-15-33;1-2(3)4/h1-9,19,21H,10-18H2,(H2,29,30,31);1H3,(H,3,4). The van der Waals surface area contributed by atoms with Gasteiger partial charge in [-0.25, -0.2) is 14.6 Å². The van der Waals surface area contributed by atoms with Crippen LogP contribution >= 0.6 is 0 Å². The maximum absolute atomic E-state index is 12.9. The van der Waals surface area contributed by atoms with E-state index < -0.39 is 5.97 Å². The minimum Gasteiger partial charge on any atom is -0.481 e. The molecule has 2 aliphatic heterocycles. The van der Waals surface area contributed by atoms with Gasteiger partial charge < -0.3 is 25.2 Å². The summed E-state index contributed by atoms with van der Waals surface area (Å²) in [7, 11) is 0. The lowest BCUT2D eigenvalue weighted by Gasteiger charge is -2.34. The van der Waals surface area contributed by atoms with Gasteiger partial charge in [0.15, 0.2) is 5.65 Å². The fourth-order valence-electron chi connectivity index (χ4n) is 5.17. The number of nitrogen functional groups attached to an aromatic ring is 1. The first-order valence-corrected chi connectivity index (χ1v) is 14.0. The molecule has 3 N–H and O–H groups in total. The third-order valence-corrected chi connectivity index (χ3v) is 7.25. The number of likely N-dealkylation sites (tertiary alicyclic amines) is 1. The number of rotatable bonds is 6. The molecule has 6 rings (SSSR count). The van der Waals surface area contributed by atoms with Crippen LogP contribution in [0.1, 0.15) is 25.8 Å². The van der Waals surface area contributed by atoms with E-state index in [2.05, 4.69) is 14.9 Å². The van der Waals surface area contributed by atoms with Gasteiger partial charge in [0.05, 0.1) is 31.2 Å². The van der Waals surface area contributed by atoms with E-state index in [1.54, 1.807) is 0 Å². The van der Waals surface area contributed by atoms with Crippen molar-refractivity contribution in [2.24, 2.45) is 0 Å². The second-order valence-electron chi connectivity index (χ2n) is 10.2. The maximum atomic E-state index is 12.9. The van der Waals surface area contributed by atoms with E-state index >= 15 is 0 Å². The monoisotopic (exact) mass is 573 g/mol. The molecular weight excluding hydrogens is 538 g/mol. The Bertz CT molecular complexity index is 1490. The predicted molar refractivity (Wildman–Crippen MR) is 157 cm³/mol. The molecule has 4 aromatic rings. The zero-order chi connectivity index (χ0) is 29.5. The number of nitrogens with two attached hydrogens (primary N) is 1. The normalized spacial score (nSPS) is 16.1. The molecule has 0 bridgehead atoms. The molecule has 42 heavy (non-hydrogen) atoms. The summed E-state index contributed by atoms with van der Waals surface area (Å²) in [5.41, 5.74) is 8.70. The zero-order valence-electron chi connectivity index (χ0n) is 23.6. The third-order valence-electron chi connectivity index (χ3n) is 7.25. The van der Waals surface area contributed by atoms with Gasteiger partial charge in [0.25, 0.3) is 5.97 Å². The Morgan fingerprint density at radius 2 is 1.62 bits per heavy atom. The third kappa shape index (κ3) is 7.01. The van der Waals surface area contributed by atoms with E-state index in [4.69, 9.17) is 30.2 Å². The number of amides is 1. The molecular formula is C30H35N7O5. The lowest BCUT2D eigenvalue weighted by atomic mass is 10.0. The number of benzene rings is 2. The SMILES string of the molecule is CC(=O)O.Nc1ncnc2c1c(-c1ccc(Oc3ccccc3)cc1)nn2C1CCN(C(=O)CN2CCOCC2)CC1. The largest absolute Gasteiger partial charge is 0.481 e. The van der Waals surface area contributed by atoms with Crippen molar-refractivity contribution in [3.05, 3.63) is 60.9 Å². The Morgan fingerprint density at radius 1 is 0.976 bits per heavy atom. The molecule has 12 heteroatoms. The molecule has 2 aliphatic rings. The average Bonchev–Trinajstić information content (AvgIpc) is 3.39. The molecule has 2 aromatic heterocycles. The number of anilines is 1. The Balaban J connectivity index is 0.000000830. The van der Waals surface area contributed by atoms with Crippen LogP contribution in [0, 0.1) is 0 Å². The topological polar surface area (TPSA) is 149 Å². The van der Waals surface area contributed by atoms with Gasteiger partial charge in [-0.1, -0.05) is 18.2 Å². The summed E-state index contributed by atoms with van der Waals surface area (Å²) in [4.78, 5) is 34.8. The molecule has 2 aromatic carbocycles. The first-order chi connectivity index (χ1) is 20.4. The van der Waals surface area contributed by atoms with Gasteiger partial charge in [-0.05, 0) is 49.2 Å². The summed E-state index contributed by atoms with van der Waals surface area (Å²) in [6.07, 6.45) is 3.09. The number of hydrogen-bond donors (Lipinski definition) is 2. The highest BCUT2D eigenvalue weighted by Gasteiger charge is 2.28. The van der Waals surface area contributed by atoms with Crippen LogP contribution < -0.4 is 10.5 Å². The fourth-order valence-corrected chi connectivity index (χ4v) is 5.17. The highest BCUT2D eigenvalue weighted by atomic mass is 16.5. The summed E-state index contributed by atoms with van der Waals surface area (Å²) in [6, 6.07) is 17.6. The highest BCUT2D eigenvalue weighted by molar-refractivity contribution is 5.98. The van der Waals surface area contributed by atoms with Crippen LogP contribution in [-0.4, -0.2) is 92.5 Å². The number of fused-ring (bicyclic) bond motifs is 1. The lowest BCUT2D eigenvalue weighted by Crippen LogP contribution is -2.47. The summed E-state index contributed by atoms with van der Waals surface area (Å²) >= 11 is 0. The number of carbonyl (C=O) groups is 2. The van der Waals surface area contributed by atoms with Gasteiger partial charge >= 0.3 is 0 Å². The number of hydrogen-bond acceptors (Lipinski definition) is 9. The van der Waals surface area contributed by atoms with Gasteiger partial charge in [0, 0.05) is 38.7 Å². The number of morpholine rings is 1. The molecule has 0 spiro atoms. The molecule has 2 saturated heterocycles. The predicted octanol–water partition coefficient (Wildman–Crippen LogP) is 3.45. The number of aliphatic carboxylic acids is 1. The number of aromatic nitrogens is 4. The van der Waals surface area contributed by atoms with Gasteiger partial charge in [-0.15, -0.1) is 0 Å². The minimum atomic E-state index is -0.833. The minimum absolute atomic E-state index is 0.119. The van der Waals surface area contributed by atoms with Crippen molar-refractivity contribution < 1.29 is 24.2 Å². The molecule has 0 saturated carbocycles. The number of piperidine rings is 1.